The minimum absolute atomic E-state index is 0.179. The summed E-state index contributed by atoms with van der Waals surface area (Å²) in [6.07, 6.45) is 9.08. The van der Waals surface area contributed by atoms with Crippen LogP contribution in [0.5, 0.6) is 0 Å². The molecule has 2 aromatic rings. The Labute approximate surface area is 229 Å². The average molecular weight is 627 g/mol. The number of carbonyl (C=O) groups is 2. The fraction of sp³-hybridized carbons (Fsp3) is 0.519. The molecule has 1 aromatic heterocycles. The summed E-state index contributed by atoms with van der Waals surface area (Å²) in [7, 11) is 1.41. The van der Waals surface area contributed by atoms with E-state index in [4.69, 9.17) is 16.6 Å². The first-order chi connectivity index (χ1) is 16.9. The standard InChI is InChI=1S/C27H31Br2ClN2O3/c1-35-24(34)6-4-2-3-5-23(33)32-11-9-17(10-12-32)26-25-18(14-21(30)15-22(25)29)7-8-19-13-20(28)16-31-27(19)26/h13-17,26H,2-12H2,1H3. The van der Waals surface area contributed by atoms with Crippen LogP contribution in [0, 0.1) is 5.92 Å². The SMILES string of the molecule is COC(=O)CCCCCC(=O)N1CCC(C2c3ncc(Br)cc3CCc3cc(Cl)cc(Br)c32)CC1. The molecule has 1 aliphatic carbocycles. The molecule has 1 amide bonds. The number of benzene rings is 1. The first-order valence-corrected chi connectivity index (χ1v) is 14.3. The zero-order valence-corrected chi connectivity index (χ0v) is 23.9. The Morgan fingerprint density at radius 2 is 1.77 bits per heavy atom. The zero-order chi connectivity index (χ0) is 24.9. The summed E-state index contributed by atoms with van der Waals surface area (Å²) in [5.41, 5.74) is 5.03. The van der Waals surface area contributed by atoms with Crippen LogP contribution in [0.15, 0.2) is 33.3 Å². The Kier molecular flexibility index (Phi) is 9.28. The van der Waals surface area contributed by atoms with Crippen LogP contribution in [0.2, 0.25) is 5.02 Å². The van der Waals surface area contributed by atoms with Crippen molar-refractivity contribution >= 4 is 55.3 Å². The van der Waals surface area contributed by atoms with Gasteiger partial charge in [0.05, 0.1) is 12.8 Å². The van der Waals surface area contributed by atoms with Gasteiger partial charge in [0, 0.05) is 52.0 Å². The molecule has 1 aliphatic heterocycles. The van der Waals surface area contributed by atoms with Crippen LogP contribution in [-0.4, -0.2) is 42.0 Å². The highest BCUT2D eigenvalue weighted by molar-refractivity contribution is 9.10. The van der Waals surface area contributed by atoms with Crippen molar-refractivity contribution in [3.05, 3.63) is 60.7 Å². The molecule has 1 aromatic carbocycles. The fourth-order valence-electron chi connectivity index (χ4n) is 5.49. The minimum atomic E-state index is -0.184. The maximum atomic E-state index is 12.8. The number of carbonyl (C=O) groups excluding carboxylic acids is 2. The summed E-state index contributed by atoms with van der Waals surface area (Å²) in [4.78, 5) is 31.0. The van der Waals surface area contributed by atoms with Gasteiger partial charge in [-0.1, -0.05) is 34.0 Å². The van der Waals surface area contributed by atoms with Gasteiger partial charge in [-0.2, -0.15) is 0 Å². The molecule has 0 spiro atoms. The summed E-state index contributed by atoms with van der Waals surface area (Å²) in [5.74, 6) is 0.618. The van der Waals surface area contributed by atoms with Crippen molar-refractivity contribution in [3.8, 4) is 0 Å². The lowest BCUT2D eigenvalue weighted by Gasteiger charge is -2.37. The number of aromatic nitrogens is 1. The Balaban J connectivity index is 1.45. The molecule has 1 saturated heterocycles. The molecule has 0 bridgehead atoms. The Bertz CT molecular complexity index is 1090. The summed E-state index contributed by atoms with van der Waals surface area (Å²) >= 11 is 13.8. The number of nitrogens with zero attached hydrogens (tertiary/aromatic N) is 2. The maximum Gasteiger partial charge on any atom is 0.305 e. The third-order valence-corrected chi connectivity index (χ3v) is 8.59. The van der Waals surface area contributed by atoms with Crippen molar-refractivity contribution in [1.82, 2.24) is 9.88 Å². The number of rotatable bonds is 7. The third kappa shape index (κ3) is 6.47. The number of likely N-dealkylation sites (tertiary alicyclic amines) is 1. The van der Waals surface area contributed by atoms with Crippen LogP contribution < -0.4 is 0 Å². The van der Waals surface area contributed by atoms with Gasteiger partial charge < -0.3 is 9.64 Å². The molecule has 0 N–H and O–H groups in total. The van der Waals surface area contributed by atoms with Gasteiger partial charge >= 0.3 is 5.97 Å². The number of hydrogen-bond donors (Lipinski definition) is 0. The number of piperidine rings is 1. The molecule has 35 heavy (non-hydrogen) atoms. The molecule has 0 saturated carbocycles. The molecular weight excluding hydrogens is 596 g/mol. The lowest BCUT2D eigenvalue weighted by atomic mass is 9.76. The second-order valence-electron chi connectivity index (χ2n) is 9.49. The number of amides is 1. The summed E-state index contributed by atoms with van der Waals surface area (Å²) < 4.78 is 6.73. The number of halogens is 3. The van der Waals surface area contributed by atoms with Crippen molar-refractivity contribution in [3.63, 3.8) is 0 Å². The number of fused-ring (bicyclic) bond motifs is 2. The maximum absolute atomic E-state index is 12.8. The van der Waals surface area contributed by atoms with Gasteiger partial charge in [-0.25, -0.2) is 0 Å². The van der Waals surface area contributed by atoms with Crippen molar-refractivity contribution in [2.24, 2.45) is 5.92 Å². The monoisotopic (exact) mass is 624 g/mol. The van der Waals surface area contributed by atoms with Crippen LogP contribution >= 0.6 is 43.5 Å². The highest BCUT2D eigenvalue weighted by atomic mass is 79.9. The zero-order valence-electron chi connectivity index (χ0n) is 20.0. The van der Waals surface area contributed by atoms with E-state index in [2.05, 4.69) is 48.7 Å². The highest BCUT2D eigenvalue weighted by Crippen LogP contribution is 2.46. The van der Waals surface area contributed by atoms with E-state index in [9.17, 15) is 9.59 Å². The van der Waals surface area contributed by atoms with Gasteiger partial charge in [-0.15, -0.1) is 0 Å². The smallest absolute Gasteiger partial charge is 0.305 e. The molecule has 0 radical (unpaired) electrons. The van der Waals surface area contributed by atoms with Crippen molar-refractivity contribution in [2.75, 3.05) is 20.2 Å². The predicted molar refractivity (Wildman–Crippen MR) is 145 cm³/mol. The van der Waals surface area contributed by atoms with Crippen LogP contribution in [0.4, 0.5) is 0 Å². The number of pyridine rings is 1. The number of aryl methyl sites for hydroxylation is 2. The summed E-state index contributed by atoms with van der Waals surface area (Å²) in [6, 6.07) is 6.31. The van der Waals surface area contributed by atoms with E-state index in [1.165, 1.54) is 23.8 Å². The number of unbranched alkanes of at least 4 members (excludes halogenated alkanes) is 2. The number of esters is 1. The first-order valence-electron chi connectivity index (χ1n) is 12.3. The normalized spacial score (nSPS) is 17.9. The molecule has 1 unspecified atom stereocenters. The van der Waals surface area contributed by atoms with E-state index in [0.29, 0.717) is 18.8 Å². The van der Waals surface area contributed by atoms with Crippen LogP contribution in [0.25, 0.3) is 0 Å². The largest absolute Gasteiger partial charge is 0.469 e. The van der Waals surface area contributed by atoms with Crippen LogP contribution in [0.3, 0.4) is 0 Å². The van der Waals surface area contributed by atoms with Gasteiger partial charge in [-0.3, -0.25) is 14.6 Å². The highest BCUT2D eigenvalue weighted by Gasteiger charge is 2.36. The average Bonchev–Trinajstić information content (AvgIpc) is 3.00. The second kappa shape index (κ2) is 12.2. The topological polar surface area (TPSA) is 59.5 Å². The van der Waals surface area contributed by atoms with Crippen LogP contribution in [0.1, 0.15) is 73.2 Å². The van der Waals surface area contributed by atoms with Crippen molar-refractivity contribution < 1.29 is 14.3 Å². The number of hydrogen-bond acceptors (Lipinski definition) is 4. The molecule has 1 fully saturated rings. The minimum Gasteiger partial charge on any atom is -0.469 e. The Hall–Kier alpha value is -1.44. The first kappa shape index (κ1) is 26.6. The summed E-state index contributed by atoms with van der Waals surface area (Å²) in [5, 5.41) is 0.751. The van der Waals surface area contributed by atoms with E-state index in [-0.39, 0.29) is 17.8 Å². The van der Waals surface area contributed by atoms with Gasteiger partial charge in [0.1, 0.15) is 0 Å². The van der Waals surface area contributed by atoms with E-state index in [1.54, 1.807) is 0 Å². The van der Waals surface area contributed by atoms with E-state index >= 15 is 0 Å². The quantitative estimate of drug-likeness (QED) is 0.249. The van der Waals surface area contributed by atoms with Gasteiger partial charge in [0.15, 0.2) is 0 Å². The van der Waals surface area contributed by atoms with Gasteiger partial charge in [-0.05, 0) is 95.3 Å². The third-order valence-electron chi connectivity index (χ3n) is 7.28. The Morgan fingerprint density at radius 1 is 1.06 bits per heavy atom. The van der Waals surface area contributed by atoms with E-state index in [0.717, 1.165) is 77.7 Å². The predicted octanol–water partition coefficient (Wildman–Crippen LogP) is 6.85. The van der Waals surface area contributed by atoms with Crippen molar-refractivity contribution in [1.29, 1.82) is 0 Å². The Morgan fingerprint density at radius 3 is 2.51 bits per heavy atom. The second-order valence-corrected chi connectivity index (χ2v) is 11.7. The van der Waals surface area contributed by atoms with Crippen LogP contribution in [-0.2, 0) is 27.2 Å². The fourth-order valence-corrected chi connectivity index (χ4v) is 6.99. The molecule has 4 rings (SSSR count). The van der Waals surface area contributed by atoms with Gasteiger partial charge in [0.2, 0.25) is 5.91 Å². The molecule has 1 atom stereocenters. The van der Waals surface area contributed by atoms with Gasteiger partial charge in [0.25, 0.3) is 0 Å². The molecule has 2 heterocycles. The lowest BCUT2D eigenvalue weighted by molar-refractivity contribution is -0.140. The molecule has 188 valence electrons. The number of methoxy groups -OCH3 is 1. The van der Waals surface area contributed by atoms with Crippen molar-refractivity contribution in [2.45, 2.75) is 63.7 Å². The molecule has 5 nitrogen and oxygen atoms in total. The lowest BCUT2D eigenvalue weighted by Crippen LogP contribution is -2.40. The molecular formula is C27H31Br2ClN2O3. The molecule has 2 aliphatic rings. The molecule has 8 heteroatoms. The van der Waals surface area contributed by atoms with E-state index < -0.39 is 0 Å². The summed E-state index contributed by atoms with van der Waals surface area (Å²) in [6.45, 7) is 1.54. The number of ether oxygens (including phenoxy) is 1. The van der Waals surface area contributed by atoms with E-state index in [1.807, 2.05) is 17.2 Å².